The molecule has 0 fully saturated rings. The van der Waals surface area contributed by atoms with Crippen LogP contribution in [0.2, 0.25) is 0 Å². The van der Waals surface area contributed by atoms with Crippen molar-refractivity contribution in [3.63, 3.8) is 0 Å². The van der Waals surface area contributed by atoms with E-state index in [1.807, 2.05) is 26.3 Å². The van der Waals surface area contributed by atoms with Crippen molar-refractivity contribution in [3.8, 4) is 0 Å². The molecular formula is C12H22N2O2S3. The first-order valence-corrected chi connectivity index (χ1v) is 9.75. The van der Waals surface area contributed by atoms with Crippen molar-refractivity contribution in [2.45, 2.75) is 38.3 Å². The third kappa shape index (κ3) is 4.75. The van der Waals surface area contributed by atoms with Crippen LogP contribution in [0.5, 0.6) is 0 Å². The predicted octanol–water partition coefficient (Wildman–Crippen LogP) is 2.20. The van der Waals surface area contributed by atoms with Gasteiger partial charge in [-0.3, -0.25) is 0 Å². The molecule has 110 valence electrons. The Kier molecular flexibility index (Phi) is 6.82. The summed E-state index contributed by atoms with van der Waals surface area (Å²) in [7, 11) is -1.60. The lowest BCUT2D eigenvalue weighted by Crippen LogP contribution is -2.35. The van der Waals surface area contributed by atoms with Gasteiger partial charge in [-0.1, -0.05) is 6.92 Å². The van der Waals surface area contributed by atoms with Crippen molar-refractivity contribution < 1.29 is 8.42 Å². The third-order valence-electron chi connectivity index (χ3n) is 2.52. The predicted molar refractivity (Wildman–Crippen MR) is 84.6 cm³/mol. The number of aryl methyl sites for hydroxylation is 1. The maximum absolute atomic E-state index is 12.4. The molecule has 7 heteroatoms. The molecule has 0 spiro atoms. The normalized spacial score (nSPS) is 13.7. The lowest BCUT2D eigenvalue weighted by Gasteiger charge is -2.14. The highest BCUT2D eigenvalue weighted by molar-refractivity contribution is 7.99. The number of nitrogens with one attached hydrogen (secondary N) is 2. The summed E-state index contributed by atoms with van der Waals surface area (Å²) >= 11 is 3.22. The minimum atomic E-state index is -3.42. The van der Waals surface area contributed by atoms with E-state index in [0.717, 1.165) is 21.9 Å². The average Bonchev–Trinajstić information content (AvgIpc) is 2.68. The minimum absolute atomic E-state index is 0.0586. The molecule has 19 heavy (non-hydrogen) atoms. The van der Waals surface area contributed by atoms with Gasteiger partial charge < -0.3 is 5.32 Å². The van der Waals surface area contributed by atoms with E-state index < -0.39 is 10.0 Å². The lowest BCUT2D eigenvalue weighted by atomic mass is 10.3. The summed E-state index contributed by atoms with van der Waals surface area (Å²) in [4.78, 5) is 1.31. The number of rotatable bonds is 8. The quantitative estimate of drug-likeness (QED) is 0.770. The van der Waals surface area contributed by atoms with Crippen molar-refractivity contribution in [2.75, 3.05) is 18.6 Å². The molecule has 1 heterocycles. The van der Waals surface area contributed by atoms with Crippen molar-refractivity contribution in [1.29, 1.82) is 0 Å². The van der Waals surface area contributed by atoms with Crippen molar-refractivity contribution in [2.24, 2.45) is 0 Å². The second-order valence-corrected chi connectivity index (χ2v) is 8.32. The number of hydrogen-bond acceptors (Lipinski definition) is 5. The molecule has 0 aliphatic rings. The average molecular weight is 323 g/mol. The summed E-state index contributed by atoms with van der Waals surface area (Å²) in [5, 5.41) is 4.91. The van der Waals surface area contributed by atoms with Crippen LogP contribution in [-0.4, -0.2) is 33.0 Å². The monoisotopic (exact) mass is 322 g/mol. The Bertz CT molecular complexity index is 497. The molecule has 0 saturated carbocycles. The summed E-state index contributed by atoms with van der Waals surface area (Å²) < 4.78 is 27.6. The molecule has 1 aromatic heterocycles. The van der Waals surface area contributed by atoms with Crippen LogP contribution >= 0.6 is 23.1 Å². The van der Waals surface area contributed by atoms with Gasteiger partial charge in [0.2, 0.25) is 10.0 Å². The molecule has 1 aromatic rings. The topological polar surface area (TPSA) is 58.2 Å². The van der Waals surface area contributed by atoms with E-state index in [0.29, 0.717) is 11.4 Å². The van der Waals surface area contributed by atoms with E-state index in [1.54, 1.807) is 11.8 Å². The van der Waals surface area contributed by atoms with Crippen LogP contribution in [0.15, 0.2) is 10.3 Å². The fourth-order valence-corrected chi connectivity index (χ4v) is 5.63. The Morgan fingerprint density at radius 2 is 2.16 bits per heavy atom. The Morgan fingerprint density at radius 3 is 2.74 bits per heavy atom. The highest BCUT2D eigenvalue weighted by atomic mass is 32.2. The second kappa shape index (κ2) is 7.64. The summed E-state index contributed by atoms with van der Waals surface area (Å²) in [5.74, 6) is 1.79. The standard InChI is InChI=1S/C12H22N2O2S3/c1-5-17-8-10(3)14-19(15,16)12-9(2)7-18-11(12)6-13-4/h7,10,13-14H,5-6,8H2,1-4H3. The molecule has 0 aromatic carbocycles. The molecule has 0 aliphatic carbocycles. The van der Waals surface area contributed by atoms with Gasteiger partial charge in [-0.15, -0.1) is 11.3 Å². The highest BCUT2D eigenvalue weighted by Gasteiger charge is 2.24. The zero-order chi connectivity index (χ0) is 14.5. The molecule has 0 bridgehead atoms. The Balaban J connectivity index is 2.90. The van der Waals surface area contributed by atoms with Gasteiger partial charge in [0.25, 0.3) is 0 Å². The van der Waals surface area contributed by atoms with E-state index in [2.05, 4.69) is 17.0 Å². The van der Waals surface area contributed by atoms with Crippen molar-refractivity contribution >= 4 is 33.1 Å². The number of sulfonamides is 1. The first-order valence-electron chi connectivity index (χ1n) is 6.24. The number of thiophene rings is 1. The molecular weight excluding hydrogens is 300 g/mol. The summed E-state index contributed by atoms with van der Waals surface area (Å²) in [6.45, 7) is 6.39. The van der Waals surface area contributed by atoms with E-state index >= 15 is 0 Å². The van der Waals surface area contributed by atoms with E-state index in [-0.39, 0.29) is 6.04 Å². The molecule has 4 nitrogen and oxygen atoms in total. The zero-order valence-corrected chi connectivity index (χ0v) is 14.3. The summed E-state index contributed by atoms with van der Waals surface area (Å²) in [6, 6.07) is -0.0586. The van der Waals surface area contributed by atoms with Gasteiger partial charge in [0, 0.05) is 23.2 Å². The molecule has 2 N–H and O–H groups in total. The Labute approximate surface area is 124 Å². The smallest absolute Gasteiger partial charge is 0.242 e. The zero-order valence-electron chi connectivity index (χ0n) is 11.8. The lowest BCUT2D eigenvalue weighted by molar-refractivity contribution is 0.569. The third-order valence-corrected chi connectivity index (χ3v) is 6.72. The Morgan fingerprint density at radius 1 is 1.47 bits per heavy atom. The highest BCUT2D eigenvalue weighted by Crippen LogP contribution is 2.27. The maximum Gasteiger partial charge on any atom is 0.242 e. The van der Waals surface area contributed by atoms with Gasteiger partial charge in [0.15, 0.2) is 0 Å². The molecule has 0 radical (unpaired) electrons. The maximum atomic E-state index is 12.4. The SMILES string of the molecule is CCSCC(C)NS(=O)(=O)c1c(C)csc1CNC. The van der Waals surface area contributed by atoms with E-state index in [1.165, 1.54) is 11.3 Å². The Hall–Kier alpha value is -0.0800. The first kappa shape index (κ1) is 17.0. The molecule has 1 atom stereocenters. The van der Waals surface area contributed by atoms with Crippen LogP contribution in [0, 0.1) is 6.92 Å². The minimum Gasteiger partial charge on any atom is -0.315 e. The van der Waals surface area contributed by atoms with Crippen LogP contribution in [0.4, 0.5) is 0 Å². The largest absolute Gasteiger partial charge is 0.315 e. The van der Waals surface area contributed by atoms with Crippen LogP contribution in [0.1, 0.15) is 24.3 Å². The second-order valence-electron chi connectivity index (χ2n) is 4.38. The molecule has 1 rings (SSSR count). The van der Waals surface area contributed by atoms with E-state index in [9.17, 15) is 8.42 Å². The van der Waals surface area contributed by atoms with Gasteiger partial charge in [0.1, 0.15) is 4.90 Å². The number of hydrogen-bond donors (Lipinski definition) is 2. The molecule has 0 saturated heterocycles. The van der Waals surface area contributed by atoms with Crippen molar-refractivity contribution in [3.05, 3.63) is 15.8 Å². The fourth-order valence-electron chi connectivity index (χ4n) is 1.78. The van der Waals surface area contributed by atoms with Gasteiger partial charge in [-0.25, -0.2) is 13.1 Å². The van der Waals surface area contributed by atoms with Crippen LogP contribution in [0.25, 0.3) is 0 Å². The molecule has 1 unspecified atom stereocenters. The van der Waals surface area contributed by atoms with Gasteiger partial charge in [-0.2, -0.15) is 11.8 Å². The molecule has 0 aliphatic heterocycles. The van der Waals surface area contributed by atoms with Gasteiger partial charge in [-0.05, 0) is 37.6 Å². The van der Waals surface area contributed by atoms with Gasteiger partial charge in [0.05, 0.1) is 0 Å². The summed E-state index contributed by atoms with van der Waals surface area (Å²) in [6.07, 6.45) is 0. The van der Waals surface area contributed by atoms with Crippen molar-refractivity contribution in [1.82, 2.24) is 10.0 Å². The molecule has 0 amide bonds. The number of thioether (sulfide) groups is 1. The van der Waals surface area contributed by atoms with Crippen LogP contribution in [-0.2, 0) is 16.6 Å². The van der Waals surface area contributed by atoms with Gasteiger partial charge >= 0.3 is 0 Å². The van der Waals surface area contributed by atoms with E-state index in [4.69, 9.17) is 0 Å². The summed E-state index contributed by atoms with van der Waals surface area (Å²) in [5.41, 5.74) is 0.818. The first-order chi connectivity index (χ1) is 8.92. The van der Waals surface area contributed by atoms with Crippen LogP contribution < -0.4 is 10.0 Å². The van der Waals surface area contributed by atoms with Crippen LogP contribution in [0.3, 0.4) is 0 Å². The fraction of sp³-hybridized carbons (Fsp3) is 0.667.